The van der Waals surface area contributed by atoms with E-state index in [1.54, 1.807) is 31.2 Å². The first-order valence-corrected chi connectivity index (χ1v) is 7.94. The third-order valence-electron chi connectivity index (χ3n) is 3.18. The molecule has 0 spiro atoms. The molecule has 2 rings (SSSR count). The number of halogens is 1. The fourth-order valence-electron chi connectivity index (χ4n) is 2.05. The van der Waals surface area contributed by atoms with Crippen LogP contribution in [0.15, 0.2) is 41.3 Å². The Kier molecular flexibility index (Phi) is 4.29. The molecule has 0 aliphatic carbocycles. The molecule has 0 bridgehead atoms. The van der Waals surface area contributed by atoms with Crippen molar-refractivity contribution in [2.75, 3.05) is 5.32 Å². The number of sulfonamides is 1. The van der Waals surface area contributed by atoms with Crippen LogP contribution in [0, 0.1) is 19.7 Å². The molecule has 0 aliphatic rings. The molecule has 112 valence electrons. The van der Waals surface area contributed by atoms with Gasteiger partial charge in [0.05, 0.1) is 4.90 Å². The Morgan fingerprint density at radius 1 is 1.14 bits per heavy atom. The lowest BCUT2D eigenvalue weighted by atomic mass is 10.1. The van der Waals surface area contributed by atoms with Crippen LogP contribution in [0.5, 0.6) is 0 Å². The van der Waals surface area contributed by atoms with Gasteiger partial charge < -0.3 is 5.32 Å². The van der Waals surface area contributed by atoms with Crippen LogP contribution in [0.2, 0.25) is 0 Å². The van der Waals surface area contributed by atoms with E-state index >= 15 is 0 Å². The van der Waals surface area contributed by atoms with E-state index in [1.165, 1.54) is 12.1 Å². The summed E-state index contributed by atoms with van der Waals surface area (Å²) in [6.45, 7) is 3.82. The molecule has 0 saturated heterocycles. The van der Waals surface area contributed by atoms with Crippen LogP contribution in [0.25, 0.3) is 0 Å². The van der Waals surface area contributed by atoms with Crippen LogP contribution in [-0.2, 0) is 16.6 Å². The van der Waals surface area contributed by atoms with Gasteiger partial charge in [-0.05, 0) is 37.6 Å². The van der Waals surface area contributed by atoms with Crippen molar-refractivity contribution in [2.24, 2.45) is 5.14 Å². The highest BCUT2D eigenvalue weighted by molar-refractivity contribution is 7.89. The maximum Gasteiger partial charge on any atom is 0.238 e. The van der Waals surface area contributed by atoms with Gasteiger partial charge in [-0.3, -0.25) is 0 Å². The molecule has 0 atom stereocenters. The number of aryl methyl sites for hydroxylation is 2. The summed E-state index contributed by atoms with van der Waals surface area (Å²) in [5.74, 6) is -0.299. The Labute approximate surface area is 123 Å². The Hall–Kier alpha value is -1.92. The average Bonchev–Trinajstić information content (AvgIpc) is 2.40. The highest BCUT2D eigenvalue weighted by Crippen LogP contribution is 2.20. The predicted molar refractivity (Wildman–Crippen MR) is 81.0 cm³/mol. The van der Waals surface area contributed by atoms with E-state index in [-0.39, 0.29) is 17.3 Å². The minimum atomic E-state index is -3.77. The van der Waals surface area contributed by atoms with E-state index in [2.05, 4.69) is 5.32 Å². The predicted octanol–water partition coefficient (Wildman–Crippen LogP) is 2.70. The highest BCUT2D eigenvalue weighted by atomic mass is 32.2. The Morgan fingerprint density at radius 2 is 1.86 bits per heavy atom. The van der Waals surface area contributed by atoms with E-state index in [0.717, 1.165) is 5.56 Å². The van der Waals surface area contributed by atoms with Crippen molar-refractivity contribution >= 4 is 15.7 Å². The van der Waals surface area contributed by atoms with Crippen molar-refractivity contribution in [2.45, 2.75) is 25.3 Å². The SMILES string of the molecule is Cc1ccc(F)c(CNc2ccc(C)c(S(N)(=O)=O)c2)c1. The molecule has 0 fully saturated rings. The van der Waals surface area contributed by atoms with Gasteiger partial charge in [-0.25, -0.2) is 17.9 Å². The second-order valence-corrected chi connectivity index (χ2v) is 6.50. The van der Waals surface area contributed by atoms with Crippen molar-refractivity contribution in [3.8, 4) is 0 Å². The topological polar surface area (TPSA) is 72.2 Å². The molecule has 3 N–H and O–H groups in total. The molecule has 21 heavy (non-hydrogen) atoms. The van der Waals surface area contributed by atoms with Gasteiger partial charge in [-0.15, -0.1) is 0 Å². The van der Waals surface area contributed by atoms with Gasteiger partial charge in [0, 0.05) is 17.8 Å². The third kappa shape index (κ3) is 3.80. The standard InChI is InChI=1S/C15H17FN2O2S/c1-10-3-6-14(16)12(7-10)9-18-13-5-4-11(2)15(8-13)21(17,19)20/h3-8,18H,9H2,1-2H3,(H2,17,19,20). The summed E-state index contributed by atoms with van der Waals surface area (Å²) < 4.78 is 36.6. The van der Waals surface area contributed by atoms with Gasteiger partial charge in [-0.2, -0.15) is 0 Å². The summed E-state index contributed by atoms with van der Waals surface area (Å²) in [5.41, 5.74) is 2.63. The summed E-state index contributed by atoms with van der Waals surface area (Å²) >= 11 is 0. The average molecular weight is 308 g/mol. The fraction of sp³-hybridized carbons (Fsp3) is 0.200. The summed E-state index contributed by atoms with van der Waals surface area (Å²) in [4.78, 5) is 0.0669. The second-order valence-electron chi connectivity index (χ2n) is 4.97. The van der Waals surface area contributed by atoms with Gasteiger partial charge in [0.25, 0.3) is 0 Å². The molecule has 4 nitrogen and oxygen atoms in total. The van der Waals surface area contributed by atoms with Gasteiger partial charge in [0.2, 0.25) is 10.0 Å². The van der Waals surface area contributed by atoms with Gasteiger partial charge in [0.1, 0.15) is 5.82 Å². The first-order valence-electron chi connectivity index (χ1n) is 6.40. The lowest BCUT2D eigenvalue weighted by Gasteiger charge is -2.11. The molecule has 6 heteroatoms. The van der Waals surface area contributed by atoms with Crippen LogP contribution in [0.3, 0.4) is 0 Å². The molecule has 0 heterocycles. The fourth-order valence-corrected chi connectivity index (χ4v) is 2.86. The van der Waals surface area contributed by atoms with E-state index in [1.807, 2.05) is 6.92 Å². The smallest absolute Gasteiger partial charge is 0.238 e. The van der Waals surface area contributed by atoms with Crippen molar-refractivity contribution in [1.29, 1.82) is 0 Å². The molecule has 0 amide bonds. The summed E-state index contributed by atoms with van der Waals surface area (Å²) in [6.07, 6.45) is 0. The lowest BCUT2D eigenvalue weighted by Crippen LogP contribution is -2.14. The molecule has 0 aliphatic heterocycles. The first-order chi connectivity index (χ1) is 9.77. The molecule has 0 unspecified atom stereocenters. The monoisotopic (exact) mass is 308 g/mol. The normalized spacial score (nSPS) is 11.4. The van der Waals surface area contributed by atoms with Crippen molar-refractivity contribution in [3.63, 3.8) is 0 Å². The van der Waals surface area contributed by atoms with E-state index in [9.17, 15) is 12.8 Å². The lowest BCUT2D eigenvalue weighted by molar-refractivity contribution is 0.597. The van der Waals surface area contributed by atoms with Crippen LogP contribution in [0.1, 0.15) is 16.7 Å². The minimum Gasteiger partial charge on any atom is -0.381 e. The van der Waals surface area contributed by atoms with Gasteiger partial charge >= 0.3 is 0 Å². The number of nitrogens with two attached hydrogens (primary N) is 1. The maximum absolute atomic E-state index is 13.6. The largest absolute Gasteiger partial charge is 0.381 e. The number of primary sulfonamides is 1. The molecule has 0 saturated carbocycles. The number of hydrogen-bond acceptors (Lipinski definition) is 3. The minimum absolute atomic E-state index is 0.0669. The Morgan fingerprint density at radius 3 is 2.52 bits per heavy atom. The molecule has 0 radical (unpaired) electrons. The van der Waals surface area contributed by atoms with Crippen LogP contribution >= 0.6 is 0 Å². The Balaban J connectivity index is 2.23. The van der Waals surface area contributed by atoms with Crippen molar-refractivity contribution in [1.82, 2.24) is 0 Å². The van der Waals surface area contributed by atoms with Crippen molar-refractivity contribution in [3.05, 3.63) is 58.9 Å². The van der Waals surface area contributed by atoms with E-state index < -0.39 is 10.0 Å². The molecular weight excluding hydrogens is 291 g/mol. The highest BCUT2D eigenvalue weighted by Gasteiger charge is 2.12. The summed E-state index contributed by atoms with van der Waals surface area (Å²) in [5, 5.41) is 8.17. The van der Waals surface area contributed by atoms with Crippen LogP contribution in [-0.4, -0.2) is 8.42 Å². The van der Waals surface area contributed by atoms with Gasteiger partial charge in [0.15, 0.2) is 0 Å². The third-order valence-corrected chi connectivity index (χ3v) is 4.23. The van der Waals surface area contributed by atoms with Crippen molar-refractivity contribution < 1.29 is 12.8 Å². The molecule has 2 aromatic rings. The first kappa shape index (κ1) is 15.5. The number of benzene rings is 2. The zero-order chi connectivity index (χ0) is 15.6. The number of rotatable bonds is 4. The summed E-state index contributed by atoms with van der Waals surface area (Å²) in [7, 11) is -3.77. The quantitative estimate of drug-likeness (QED) is 0.912. The van der Waals surface area contributed by atoms with E-state index in [0.29, 0.717) is 16.8 Å². The second kappa shape index (κ2) is 5.83. The zero-order valence-electron chi connectivity index (χ0n) is 11.9. The zero-order valence-corrected chi connectivity index (χ0v) is 12.7. The maximum atomic E-state index is 13.6. The van der Waals surface area contributed by atoms with E-state index in [4.69, 9.17) is 5.14 Å². The molecular formula is C15H17FN2O2S. The number of hydrogen-bond donors (Lipinski definition) is 2. The molecule has 2 aromatic carbocycles. The summed E-state index contributed by atoms with van der Waals surface area (Å²) in [6, 6.07) is 9.71. The Bertz CT molecular complexity index is 773. The number of anilines is 1. The van der Waals surface area contributed by atoms with Crippen LogP contribution < -0.4 is 10.5 Å². The molecule has 0 aromatic heterocycles. The van der Waals surface area contributed by atoms with Gasteiger partial charge in [-0.1, -0.05) is 23.8 Å². The van der Waals surface area contributed by atoms with Crippen LogP contribution in [0.4, 0.5) is 10.1 Å². The number of nitrogens with one attached hydrogen (secondary N) is 1.